The molecule has 130 valence electrons. The number of hydrogen-bond donors (Lipinski definition) is 2. The topological polar surface area (TPSA) is 72.7 Å². The SMILES string of the molecule is COc1c(C(=O)NNSc2ccc(F)cc2)oc2c(OC)cccc12. The van der Waals surface area contributed by atoms with Crippen LogP contribution in [0.15, 0.2) is 51.8 Å². The number of nitrogens with one attached hydrogen (secondary N) is 2. The monoisotopic (exact) mass is 362 g/mol. The summed E-state index contributed by atoms with van der Waals surface area (Å²) in [6, 6.07) is 11.1. The van der Waals surface area contributed by atoms with Crippen LogP contribution in [0.4, 0.5) is 4.39 Å². The molecule has 0 bridgehead atoms. The van der Waals surface area contributed by atoms with Crippen molar-refractivity contribution in [2.45, 2.75) is 4.90 Å². The molecular weight excluding hydrogens is 347 g/mol. The molecule has 0 fully saturated rings. The van der Waals surface area contributed by atoms with Gasteiger partial charge in [0.25, 0.3) is 0 Å². The number of methoxy groups -OCH3 is 2. The third-order valence-corrected chi connectivity index (χ3v) is 4.12. The zero-order valence-electron chi connectivity index (χ0n) is 13.5. The Kier molecular flexibility index (Phi) is 5.11. The van der Waals surface area contributed by atoms with Crippen LogP contribution < -0.4 is 19.7 Å². The lowest BCUT2D eigenvalue weighted by Crippen LogP contribution is -2.32. The molecule has 0 spiro atoms. The lowest BCUT2D eigenvalue weighted by Gasteiger charge is -2.06. The van der Waals surface area contributed by atoms with Gasteiger partial charge < -0.3 is 13.9 Å². The van der Waals surface area contributed by atoms with Crippen LogP contribution in [0.1, 0.15) is 10.6 Å². The molecular formula is C17H15FN2O4S. The van der Waals surface area contributed by atoms with Crippen molar-refractivity contribution in [2.75, 3.05) is 14.2 Å². The van der Waals surface area contributed by atoms with Crippen LogP contribution >= 0.6 is 11.9 Å². The quantitative estimate of drug-likeness (QED) is 0.516. The zero-order chi connectivity index (χ0) is 17.8. The number of furan rings is 1. The van der Waals surface area contributed by atoms with Gasteiger partial charge in [0.15, 0.2) is 17.1 Å². The molecule has 0 atom stereocenters. The van der Waals surface area contributed by atoms with E-state index < -0.39 is 5.91 Å². The highest BCUT2D eigenvalue weighted by molar-refractivity contribution is 7.97. The summed E-state index contributed by atoms with van der Waals surface area (Å²) in [7, 11) is 2.98. The molecule has 3 aromatic rings. The average molecular weight is 362 g/mol. The highest BCUT2D eigenvalue weighted by Gasteiger charge is 2.23. The first-order valence-corrected chi connectivity index (χ1v) is 8.07. The predicted octanol–water partition coefficient (Wildman–Crippen LogP) is 3.53. The van der Waals surface area contributed by atoms with E-state index in [4.69, 9.17) is 13.9 Å². The standard InChI is InChI=1S/C17H15FN2O4S/c1-22-13-5-3-4-12-14(13)24-16(15(12)23-2)17(21)19-20-25-11-8-6-10(18)7-9-11/h3-9,20H,1-2H3,(H,19,21). The lowest BCUT2D eigenvalue weighted by atomic mass is 10.2. The zero-order valence-corrected chi connectivity index (χ0v) is 14.3. The molecule has 2 N–H and O–H groups in total. The minimum atomic E-state index is -0.510. The van der Waals surface area contributed by atoms with Crippen molar-refractivity contribution in [2.24, 2.45) is 0 Å². The Morgan fingerprint density at radius 2 is 1.88 bits per heavy atom. The lowest BCUT2D eigenvalue weighted by molar-refractivity contribution is 0.0917. The van der Waals surface area contributed by atoms with Gasteiger partial charge in [0.1, 0.15) is 5.82 Å². The van der Waals surface area contributed by atoms with Crippen LogP contribution in [0.25, 0.3) is 11.0 Å². The number of amides is 1. The molecule has 3 rings (SSSR count). The summed E-state index contributed by atoms with van der Waals surface area (Å²) in [5, 5.41) is 0.637. The van der Waals surface area contributed by atoms with Crippen LogP contribution in [0.5, 0.6) is 11.5 Å². The van der Waals surface area contributed by atoms with Gasteiger partial charge in [-0.2, -0.15) is 4.83 Å². The molecule has 6 nitrogen and oxygen atoms in total. The number of hydrazine groups is 1. The van der Waals surface area contributed by atoms with E-state index in [0.717, 1.165) is 16.8 Å². The molecule has 2 aromatic carbocycles. The van der Waals surface area contributed by atoms with Crippen molar-refractivity contribution in [3.05, 3.63) is 54.0 Å². The van der Waals surface area contributed by atoms with Gasteiger partial charge in [-0.05, 0) is 48.3 Å². The number of benzene rings is 2. The number of para-hydroxylation sites is 1. The van der Waals surface area contributed by atoms with Gasteiger partial charge >= 0.3 is 5.91 Å². The van der Waals surface area contributed by atoms with E-state index in [1.165, 1.54) is 26.4 Å². The van der Waals surface area contributed by atoms with E-state index in [9.17, 15) is 9.18 Å². The van der Waals surface area contributed by atoms with Gasteiger partial charge in [-0.15, -0.1) is 0 Å². The van der Waals surface area contributed by atoms with Crippen LogP contribution in [0.2, 0.25) is 0 Å². The molecule has 0 aliphatic heterocycles. The smallest absolute Gasteiger partial charge is 0.305 e. The molecule has 0 saturated heterocycles. The van der Waals surface area contributed by atoms with Gasteiger partial charge in [-0.1, -0.05) is 6.07 Å². The number of fused-ring (bicyclic) bond motifs is 1. The number of carbonyl (C=O) groups is 1. The van der Waals surface area contributed by atoms with E-state index in [-0.39, 0.29) is 11.6 Å². The molecule has 1 aromatic heterocycles. The first kappa shape index (κ1) is 17.1. The van der Waals surface area contributed by atoms with Gasteiger partial charge in [-0.3, -0.25) is 10.2 Å². The first-order valence-electron chi connectivity index (χ1n) is 7.25. The second-order valence-corrected chi connectivity index (χ2v) is 5.79. The third-order valence-electron chi connectivity index (χ3n) is 3.41. The van der Waals surface area contributed by atoms with E-state index >= 15 is 0 Å². The maximum absolute atomic E-state index is 12.9. The Morgan fingerprint density at radius 3 is 2.56 bits per heavy atom. The highest BCUT2D eigenvalue weighted by Crippen LogP contribution is 2.37. The first-order chi connectivity index (χ1) is 12.1. The van der Waals surface area contributed by atoms with E-state index in [1.807, 2.05) is 0 Å². The Balaban J connectivity index is 1.76. The van der Waals surface area contributed by atoms with E-state index in [2.05, 4.69) is 10.3 Å². The Bertz CT molecular complexity index is 896. The van der Waals surface area contributed by atoms with Crippen LogP contribution in [-0.2, 0) is 0 Å². The van der Waals surface area contributed by atoms with Crippen molar-refractivity contribution < 1.29 is 23.1 Å². The minimum Gasteiger partial charge on any atom is -0.493 e. The van der Waals surface area contributed by atoms with Crippen LogP contribution in [0.3, 0.4) is 0 Å². The largest absolute Gasteiger partial charge is 0.493 e. The molecule has 1 heterocycles. The number of hydrogen-bond acceptors (Lipinski definition) is 6. The van der Waals surface area contributed by atoms with Gasteiger partial charge in [0.2, 0.25) is 5.76 Å². The molecule has 8 heteroatoms. The molecule has 1 amide bonds. The summed E-state index contributed by atoms with van der Waals surface area (Å²) in [4.78, 5) is 15.8. The summed E-state index contributed by atoms with van der Waals surface area (Å²) in [5.41, 5.74) is 2.93. The Labute approximate surface area is 147 Å². The molecule has 0 aliphatic rings. The van der Waals surface area contributed by atoms with E-state index in [1.54, 1.807) is 30.3 Å². The number of carbonyl (C=O) groups excluding carboxylic acids is 1. The fraction of sp³-hybridized carbons (Fsp3) is 0.118. The van der Waals surface area contributed by atoms with E-state index in [0.29, 0.717) is 22.5 Å². The van der Waals surface area contributed by atoms with Crippen LogP contribution in [-0.4, -0.2) is 20.1 Å². The molecule has 0 unspecified atom stereocenters. The third kappa shape index (κ3) is 3.54. The second-order valence-electron chi connectivity index (χ2n) is 4.91. The number of halogens is 1. The molecule has 0 saturated carbocycles. The minimum absolute atomic E-state index is 0.0224. The second kappa shape index (κ2) is 7.45. The summed E-state index contributed by atoms with van der Waals surface area (Å²) in [5.74, 6) is 0.0109. The van der Waals surface area contributed by atoms with Gasteiger partial charge in [-0.25, -0.2) is 4.39 Å². The summed E-state index contributed by atoms with van der Waals surface area (Å²) < 4.78 is 29.0. The Morgan fingerprint density at radius 1 is 1.12 bits per heavy atom. The number of rotatable bonds is 6. The van der Waals surface area contributed by atoms with Gasteiger partial charge in [0.05, 0.1) is 19.6 Å². The molecule has 25 heavy (non-hydrogen) atoms. The molecule has 0 aliphatic carbocycles. The van der Waals surface area contributed by atoms with Crippen molar-refractivity contribution in [1.82, 2.24) is 10.3 Å². The van der Waals surface area contributed by atoms with Crippen molar-refractivity contribution in [1.29, 1.82) is 0 Å². The maximum Gasteiger partial charge on any atom is 0.305 e. The van der Waals surface area contributed by atoms with Crippen LogP contribution in [0, 0.1) is 5.82 Å². The highest BCUT2D eigenvalue weighted by atomic mass is 32.2. The maximum atomic E-state index is 12.9. The van der Waals surface area contributed by atoms with Crippen molar-refractivity contribution >= 4 is 28.8 Å². The fourth-order valence-electron chi connectivity index (χ4n) is 2.27. The number of ether oxygens (including phenoxy) is 2. The summed E-state index contributed by atoms with van der Waals surface area (Å²) in [6.45, 7) is 0. The predicted molar refractivity (Wildman–Crippen MR) is 92.2 cm³/mol. The van der Waals surface area contributed by atoms with Crippen molar-refractivity contribution in [3.63, 3.8) is 0 Å². The Hall–Kier alpha value is -2.71. The fourth-order valence-corrected chi connectivity index (χ4v) is 2.81. The normalized spacial score (nSPS) is 10.7. The molecule has 0 radical (unpaired) electrons. The summed E-state index contributed by atoms with van der Waals surface area (Å²) >= 11 is 1.12. The van der Waals surface area contributed by atoms with Crippen molar-refractivity contribution in [3.8, 4) is 11.5 Å². The average Bonchev–Trinajstić information content (AvgIpc) is 3.02. The summed E-state index contributed by atoms with van der Waals surface area (Å²) in [6.07, 6.45) is 0. The van der Waals surface area contributed by atoms with Gasteiger partial charge in [0, 0.05) is 4.90 Å².